The zero-order valence-corrected chi connectivity index (χ0v) is 23.8. The van der Waals surface area contributed by atoms with Crippen molar-refractivity contribution in [2.75, 3.05) is 53.0 Å². The maximum Gasteiger partial charge on any atom is 0.251 e. The Morgan fingerprint density at radius 1 is 0.842 bits per heavy atom. The Morgan fingerprint density at radius 3 is 1.82 bits per heavy atom. The Kier molecular flexibility index (Phi) is 11.0. The van der Waals surface area contributed by atoms with Crippen LogP contribution in [0.2, 0.25) is 0 Å². The Bertz CT molecular complexity index is 962. The highest BCUT2D eigenvalue weighted by Gasteiger charge is 2.29. The smallest absolute Gasteiger partial charge is 0.251 e. The number of benzene rings is 2. The highest BCUT2D eigenvalue weighted by molar-refractivity contribution is 5.94. The van der Waals surface area contributed by atoms with E-state index in [4.69, 9.17) is 4.74 Å². The minimum Gasteiger partial charge on any atom is -0.478 e. The van der Waals surface area contributed by atoms with E-state index in [1.807, 2.05) is 12.1 Å². The molecule has 0 bridgehead atoms. The van der Waals surface area contributed by atoms with Crippen LogP contribution >= 0.6 is 0 Å². The summed E-state index contributed by atoms with van der Waals surface area (Å²) in [5.41, 5.74) is 3.44. The Morgan fingerprint density at radius 2 is 1.34 bits per heavy atom. The Hall–Kier alpha value is -2.41. The molecule has 6 heteroatoms. The van der Waals surface area contributed by atoms with Crippen molar-refractivity contribution in [3.05, 3.63) is 65.2 Å². The van der Waals surface area contributed by atoms with Gasteiger partial charge in [0.1, 0.15) is 12.5 Å². The summed E-state index contributed by atoms with van der Waals surface area (Å²) in [7, 11) is 2.07. The van der Waals surface area contributed by atoms with E-state index >= 15 is 0 Å². The molecule has 0 spiro atoms. The van der Waals surface area contributed by atoms with Gasteiger partial charge in [-0.05, 0) is 119 Å². The summed E-state index contributed by atoms with van der Waals surface area (Å²) in [6, 6.07) is 16.8. The van der Waals surface area contributed by atoms with Gasteiger partial charge in [0, 0.05) is 25.2 Å². The topological polar surface area (TPSA) is 48.1 Å². The SMILES string of the molecule is CCCNC(=O)c1ccc(CN2CCC(C3CCN(Cc4ccc(OCN(C)CC)cc4)CC3)CC2)cc1. The van der Waals surface area contributed by atoms with E-state index in [9.17, 15) is 4.79 Å². The molecule has 2 aromatic carbocycles. The molecule has 0 aliphatic carbocycles. The van der Waals surface area contributed by atoms with Gasteiger partial charge in [0.2, 0.25) is 0 Å². The lowest BCUT2D eigenvalue weighted by atomic mass is 9.78. The number of likely N-dealkylation sites (tertiary alicyclic amines) is 2. The van der Waals surface area contributed by atoms with Crippen LogP contribution in [0, 0.1) is 11.8 Å². The van der Waals surface area contributed by atoms with Crippen molar-refractivity contribution in [1.29, 1.82) is 0 Å². The van der Waals surface area contributed by atoms with Gasteiger partial charge in [-0.1, -0.05) is 38.1 Å². The van der Waals surface area contributed by atoms with E-state index in [2.05, 4.69) is 77.3 Å². The molecule has 2 aromatic rings. The summed E-state index contributed by atoms with van der Waals surface area (Å²) in [5.74, 6) is 2.73. The van der Waals surface area contributed by atoms with Crippen molar-refractivity contribution in [1.82, 2.24) is 20.0 Å². The van der Waals surface area contributed by atoms with Crippen molar-refractivity contribution in [3.63, 3.8) is 0 Å². The second-order valence-corrected chi connectivity index (χ2v) is 11.3. The first-order valence-corrected chi connectivity index (χ1v) is 14.8. The van der Waals surface area contributed by atoms with Gasteiger partial charge in [0.15, 0.2) is 0 Å². The summed E-state index contributed by atoms with van der Waals surface area (Å²) in [6.45, 7) is 13.4. The van der Waals surface area contributed by atoms with Gasteiger partial charge >= 0.3 is 0 Å². The van der Waals surface area contributed by atoms with Crippen LogP contribution in [0.15, 0.2) is 48.5 Å². The maximum atomic E-state index is 12.1. The Balaban J connectivity index is 1.14. The highest BCUT2D eigenvalue weighted by atomic mass is 16.5. The minimum atomic E-state index is 0.0313. The molecule has 4 rings (SSSR count). The van der Waals surface area contributed by atoms with E-state index in [1.54, 1.807) is 0 Å². The second kappa shape index (κ2) is 14.7. The van der Waals surface area contributed by atoms with E-state index < -0.39 is 0 Å². The molecule has 2 aliphatic rings. The molecule has 6 nitrogen and oxygen atoms in total. The lowest BCUT2D eigenvalue weighted by Gasteiger charge is -2.40. The predicted octanol–water partition coefficient (Wildman–Crippen LogP) is 5.24. The molecule has 1 amide bonds. The van der Waals surface area contributed by atoms with Crippen molar-refractivity contribution < 1.29 is 9.53 Å². The number of carbonyl (C=O) groups is 1. The van der Waals surface area contributed by atoms with Crippen molar-refractivity contribution in [3.8, 4) is 5.75 Å². The summed E-state index contributed by atoms with van der Waals surface area (Å²) in [5, 5.41) is 2.95. The quantitative estimate of drug-likeness (QED) is 0.388. The molecule has 2 heterocycles. The van der Waals surface area contributed by atoms with Crippen LogP contribution in [0.25, 0.3) is 0 Å². The van der Waals surface area contributed by atoms with Gasteiger partial charge in [-0.15, -0.1) is 0 Å². The van der Waals surface area contributed by atoms with Gasteiger partial charge in [-0.25, -0.2) is 0 Å². The maximum absolute atomic E-state index is 12.1. The van der Waals surface area contributed by atoms with Crippen molar-refractivity contribution in [2.45, 2.75) is 59.0 Å². The third-order valence-electron chi connectivity index (χ3n) is 8.41. The molecule has 0 saturated carbocycles. The molecular weight excluding hydrogens is 472 g/mol. The molecule has 1 N–H and O–H groups in total. The first kappa shape index (κ1) is 28.6. The monoisotopic (exact) mass is 520 g/mol. The lowest BCUT2D eigenvalue weighted by molar-refractivity contribution is 0.0909. The van der Waals surface area contributed by atoms with Gasteiger partial charge in [0.05, 0.1) is 0 Å². The molecule has 0 atom stereocenters. The number of nitrogens with zero attached hydrogens (tertiary/aromatic N) is 3. The molecule has 0 aromatic heterocycles. The second-order valence-electron chi connectivity index (χ2n) is 11.3. The largest absolute Gasteiger partial charge is 0.478 e. The minimum absolute atomic E-state index is 0.0313. The van der Waals surface area contributed by atoms with Crippen LogP contribution in [0.3, 0.4) is 0 Å². The fourth-order valence-corrected chi connectivity index (χ4v) is 5.75. The molecular formula is C32H48N4O2. The molecule has 38 heavy (non-hydrogen) atoms. The van der Waals surface area contributed by atoms with E-state index in [-0.39, 0.29) is 5.91 Å². The van der Waals surface area contributed by atoms with Gasteiger partial charge in [-0.2, -0.15) is 0 Å². The zero-order valence-electron chi connectivity index (χ0n) is 23.8. The summed E-state index contributed by atoms with van der Waals surface area (Å²) in [6.07, 6.45) is 6.25. The zero-order chi connectivity index (χ0) is 26.7. The molecule has 0 unspecified atom stereocenters. The number of ether oxygens (including phenoxy) is 1. The molecule has 208 valence electrons. The molecule has 2 aliphatic heterocycles. The molecule has 0 radical (unpaired) electrons. The van der Waals surface area contributed by atoms with E-state index in [1.165, 1.54) is 63.0 Å². The number of hydrogen-bond donors (Lipinski definition) is 1. The van der Waals surface area contributed by atoms with E-state index in [0.29, 0.717) is 6.73 Å². The van der Waals surface area contributed by atoms with Gasteiger partial charge < -0.3 is 10.1 Å². The number of hydrogen-bond acceptors (Lipinski definition) is 5. The normalized spacial score (nSPS) is 18.1. The third kappa shape index (κ3) is 8.55. The fourth-order valence-electron chi connectivity index (χ4n) is 5.75. The van der Waals surface area contributed by atoms with Crippen LogP contribution in [-0.4, -0.2) is 73.7 Å². The average molecular weight is 521 g/mol. The summed E-state index contributed by atoms with van der Waals surface area (Å²) >= 11 is 0. The van der Waals surface area contributed by atoms with Crippen LogP contribution in [0.4, 0.5) is 0 Å². The number of carbonyl (C=O) groups excluding carboxylic acids is 1. The summed E-state index contributed by atoms with van der Waals surface area (Å²) < 4.78 is 5.84. The fraction of sp³-hybridized carbons (Fsp3) is 0.594. The van der Waals surface area contributed by atoms with Gasteiger partial charge in [-0.3, -0.25) is 19.5 Å². The predicted molar refractivity (Wildman–Crippen MR) is 155 cm³/mol. The third-order valence-corrected chi connectivity index (χ3v) is 8.41. The number of piperidine rings is 2. The first-order chi connectivity index (χ1) is 18.5. The number of nitrogens with one attached hydrogen (secondary N) is 1. The van der Waals surface area contributed by atoms with E-state index in [0.717, 1.165) is 55.7 Å². The van der Waals surface area contributed by atoms with Crippen molar-refractivity contribution in [2.24, 2.45) is 11.8 Å². The highest BCUT2D eigenvalue weighted by Crippen LogP contribution is 2.33. The van der Waals surface area contributed by atoms with Crippen LogP contribution in [0.1, 0.15) is 67.4 Å². The Labute approximate surface area is 230 Å². The molecule has 2 saturated heterocycles. The lowest BCUT2D eigenvalue weighted by Crippen LogP contribution is -2.40. The number of rotatable bonds is 12. The van der Waals surface area contributed by atoms with Crippen LogP contribution in [-0.2, 0) is 13.1 Å². The van der Waals surface area contributed by atoms with Crippen molar-refractivity contribution >= 4 is 5.91 Å². The summed E-state index contributed by atoms with van der Waals surface area (Å²) in [4.78, 5) is 19.5. The number of amides is 1. The average Bonchev–Trinajstić information content (AvgIpc) is 2.96. The van der Waals surface area contributed by atoms with Gasteiger partial charge in [0.25, 0.3) is 5.91 Å². The standard InChI is InChI=1S/C32H48N4O2/c1-4-18-33-32(37)30-10-6-26(7-11-30)23-35-19-14-28(15-20-35)29-16-21-36(22-17-29)24-27-8-12-31(13-9-27)38-25-34(3)5-2/h6-13,28-29H,4-5,14-25H2,1-3H3,(H,33,37). The molecule has 2 fully saturated rings. The first-order valence-electron chi connectivity index (χ1n) is 14.8. The van der Waals surface area contributed by atoms with Crippen LogP contribution < -0.4 is 10.1 Å². The van der Waals surface area contributed by atoms with Crippen LogP contribution in [0.5, 0.6) is 5.75 Å².